The van der Waals surface area contributed by atoms with Crippen LogP contribution in [0.4, 0.5) is 0 Å². The lowest BCUT2D eigenvalue weighted by molar-refractivity contribution is 0.387. The van der Waals surface area contributed by atoms with Crippen LogP contribution >= 0.6 is 27.7 Å². The van der Waals surface area contributed by atoms with Crippen LogP contribution in [0.2, 0.25) is 0 Å². The van der Waals surface area contributed by atoms with Crippen molar-refractivity contribution in [2.75, 3.05) is 0 Å². The summed E-state index contributed by atoms with van der Waals surface area (Å²) in [6.45, 7) is 1.79. The molecule has 2 aromatic heterocycles. The highest BCUT2D eigenvalue weighted by molar-refractivity contribution is 9.10. The fourth-order valence-corrected chi connectivity index (χ4v) is 2.47. The topological polar surface area (TPSA) is 80.5 Å². The van der Waals surface area contributed by atoms with E-state index in [9.17, 15) is 0 Å². The number of thioether (sulfide) groups is 1. The third kappa shape index (κ3) is 3.07. The Labute approximate surface area is 127 Å². The zero-order chi connectivity index (χ0) is 13.9. The van der Waals surface area contributed by atoms with E-state index in [1.54, 1.807) is 6.92 Å². The van der Waals surface area contributed by atoms with Gasteiger partial charge in [-0.15, -0.1) is 5.10 Å². The molecule has 0 aliphatic rings. The van der Waals surface area contributed by atoms with Gasteiger partial charge in [0.15, 0.2) is 11.6 Å². The minimum Gasteiger partial charge on any atom is -0.338 e. The van der Waals surface area contributed by atoms with Crippen LogP contribution in [0.25, 0.3) is 11.4 Å². The van der Waals surface area contributed by atoms with Gasteiger partial charge in [0, 0.05) is 10.0 Å². The summed E-state index contributed by atoms with van der Waals surface area (Å²) in [7, 11) is 0. The minimum atomic E-state index is 0.554. The zero-order valence-corrected chi connectivity index (χ0v) is 12.9. The summed E-state index contributed by atoms with van der Waals surface area (Å²) in [4.78, 5) is 8.55. The number of hydrogen-bond acceptors (Lipinski definition) is 6. The number of halogens is 1. The molecule has 8 heteroatoms. The molecular weight excluding hydrogens is 342 g/mol. The van der Waals surface area contributed by atoms with Gasteiger partial charge in [-0.2, -0.15) is 4.98 Å². The van der Waals surface area contributed by atoms with E-state index < -0.39 is 0 Å². The summed E-state index contributed by atoms with van der Waals surface area (Å²) in [5.41, 5.74) is 0.987. The van der Waals surface area contributed by atoms with Crippen LogP contribution in [0, 0.1) is 6.92 Å². The van der Waals surface area contributed by atoms with Crippen LogP contribution in [0.15, 0.2) is 38.4 Å². The highest BCUT2D eigenvalue weighted by Crippen LogP contribution is 2.22. The summed E-state index contributed by atoms with van der Waals surface area (Å²) >= 11 is 4.85. The highest BCUT2D eigenvalue weighted by Gasteiger charge is 2.09. The van der Waals surface area contributed by atoms with Crippen molar-refractivity contribution in [1.29, 1.82) is 0 Å². The Kier molecular flexibility index (Phi) is 3.83. The molecule has 0 radical (unpaired) electrons. The van der Waals surface area contributed by atoms with Crippen molar-refractivity contribution in [3.05, 3.63) is 40.5 Å². The van der Waals surface area contributed by atoms with Gasteiger partial charge in [-0.25, -0.2) is 4.98 Å². The van der Waals surface area contributed by atoms with E-state index in [0.717, 1.165) is 15.9 Å². The third-order valence-corrected chi connectivity index (χ3v) is 3.84. The standard InChI is InChI=1S/C12H10BrN5OS/c1-7-14-10(19-18-7)6-20-12-15-11(16-17-12)8-2-4-9(13)5-3-8/h2-5H,6H2,1H3,(H,15,16,17). The Bertz CT molecular complexity index is 709. The van der Waals surface area contributed by atoms with E-state index in [1.807, 2.05) is 24.3 Å². The van der Waals surface area contributed by atoms with Crippen LogP contribution in [-0.2, 0) is 5.75 Å². The van der Waals surface area contributed by atoms with Gasteiger partial charge in [0.2, 0.25) is 11.0 Å². The van der Waals surface area contributed by atoms with Gasteiger partial charge in [-0.3, -0.25) is 5.10 Å². The molecule has 0 fully saturated rings. The first-order valence-electron chi connectivity index (χ1n) is 5.81. The van der Waals surface area contributed by atoms with E-state index in [-0.39, 0.29) is 0 Å². The van der Waals surface area contributed by atoms with E-state index >= 15 is 0 Å². The number of hydrogen-bond donors (Lipinski definition) is 1. The van der Waals surface area contributed by atoms with Crippen LogP contribution in [-0.4, -0.2) is 25.3 Å². The third-order valence-electron chi connectivity index (χ3n) is 2.48. The molecule has 0 saturated carbocycles. The van der Waals surface area contributed by atoms with Gasteiger partial charge in [-0.05, 0) is 19.1 Å². The number of benzene rings is 1. The normalized spacial score (nSPS) is 10.9. The van der Waals surface area contributed by atoms with E-state index in [4.69, 9.17) is 4.52 Å². The number of nitrogens with zero attached hydrogens (tertiary/aromatic N) is 4. The summed E-state index contributed by atoms with van der Waals surface area (Å²) in [6.07, 6.45) is 0. The molecule has 0 bridgehead atoms. The largest absolute Gasteiger partial charge is 0.338 e. The van der Waals surface area contributed by atoms with Gasteiger partial charge < -0.3 is 4.52 Å². The molecule has 0 aliphatic heterocycles. The van der Waals surface area contributed by atoms with E-state index in [2.05, 4.69) is 41.3 Å². The molecule has 1 aromatic carbocycles. The summed E-state index contributed by atoms with van der Waals surface area (Å²) < 4.78 is 6.07. The van der Waals surface area contributed by atoms with Gasteiger partial charge in [0.05, 0.1) is 5.75 Å². The Hall–Kier alpha value is -1.67. The average molecular weight is 352 g/mol. The molecule has 102 valence electrons. The van der Waals surface area contributed by atoms with Gasteiger partial charge in [0.1, 0.15) is 0 Å². The second-order valence-corrected chi connectivity index (χ2v) is 5.86. The lowest BCUT2D eigenvalue weighted by atomic mass is 10.2. The van der Waals surface area contributed by atoms with Gasteiger partial charge in [0.25, 0.3) is 0 Å². The number of aromatic amines is 1. The first-order valence-corrected chi connectivity index (χ1v) is 7.59. The van der Waals surface area contributed by atoms with Crippen LogP contribution in [0.5, 0.6) is 0 Å². The molecule has 1 N–H and O–H groups in total. The Morgan fingerprint density at radius 1 is 1.25 bits per heavy atom. The molecule has 0 unspecified atom stereocenters. The minimum absolute atomic E-state index is 0.554. The molecule has 6 nitrogen and oxygen atoms in total. The van der Waals surface area contributed by atoms with Gasteiger partial charge in [-0.1, -0.05) is 45.0 Å². The number of aryl methyl sites for hydroxylation is 1. The van der Waals surface area contributed by atoms with Crippen molar-refractivity contribution in [2.24, 2.45) is 0 Å². The monoisotopic (exact) mass is 351 g/mol. The number of aromatic nitrogens is 5. The van der Waals surface area contributed by atoms with Crippen molar-refractivity contribution in [3.8, 4) is 11.4 Å². The fraction of sp³-hybridized carbons (Fsp3) is 0.167. The maximum absolute atomic E-state index is 5.04. The first kappa shape index (κ1) is 13.3. The summed E-state index contributed by atoms with van der Waals surface area (Å²) in [5.74, 6) is 2.49. The van der Waals surface area contributed by atoms with Crippen molar-refractivity contribution >= 4 is 27.7 Å². The quantitative estimate of drug-likeness (QED) is 0.726. The predicted octanol–water partition coefficient (Wildman–Crippen LogP) is 3.22. The molecule has 3 aromatic rings. The first-order chi connectivity index (χ1) is 9.70. The smallest absolute Gasteiger partial charge is 0.237 e. The van der Waals surface area contributed by atoms with Crippen LogP contribution in [0.3, 0.4) is 0 Å². The highest BCUT2D eigenvalue weighted by atomic mass is 79.9. The zero-order valence-electron chi connectivity index (χ0n) is 10.5. The molecular formula is C12H10BrN5OS. The number of H-pyrrole nitrogens is 1. The average Bonchev–Trinajstić information content (AvgIpc) is 3.06. The summed E-state index contributed by atoms with van der Waals surface area (Å²) in [5, 5.41) is 11.5. The Morgan fingerprint density at radius 3 is 2.75 bits per heavy atom. The molecule has 0 spiro atoms. The predicted molar refractivity (Wildman–Crippen MR) is 78.1 cm³/mol. The van der Waals surface area contributed by atoms with Crippen molar-refractivity contribution in [1.82, 2.24) is 25.3 Å². The van der Waals surface area contributed by atoms with Crippen LogP contribution in [0.1, 0.15) is 11.7 Å². The fourth-order valence-electron chi connectivity index (χ4n) is 1.57. The second kappa shape index (κ2) is 5.76. The SMILES string of the molecule is Cc1noc(CSc2n[nH]c(-c3ccc(Br)cc3)n2)n1. The maximum Gasteiger partial charge on any atom is 0.237 e. The van der Waals surface area contributed by atoms with Crippen LogP contribution < -0.4 is 0 Å². The molecule has 0 atom stereocenters. The molecule has 0 aliphatic carbocycles. The van der Waals surface area contributed by atoms with Gasteiger partial charge >= 0.3 is 0 Å². The van der Waals surface area contributed by atoms with Crippen molar-refractivity contribution in [2.45, 2.75) is 17.8 Å². The molecule has 3 rings (SSSR count). The maximum atomic E-state index is 5.04. The van der Waals surface area contributed by atoms with E-state index in [1.165, 1.54) is 11.8 Å². The second-order valence-electron chi connectivity index (χ2n) is 4.00. The van der Waals surface area contributed by atoms with Crippen molar-refractivity contribution < 1.29 is 4.52 Å². The number of rotatable bonds is 4. The molecule has 0 amide bonds. The Morgan fingerprint density at radius 2 is 2.05 bits per heavy atom. The Balaban J connectivity index is 1.69. The van der Waals surface area contributed by atoms with Crippen molar-refractivity contribution in [3.63, 3.8) is 0 Å². The lowest BCUT2D eigenvalue weighted by Gasteiger charge is -1.95. The molecule has 0 saturated heterocycles. The van der Waals surface area contributed by atoms with E-state index in [0.29, 0.717) is 22.6 Å². The molecule has 20 heavy (non-hydrogen) atoms. The molecule has 2 heterocycles. The lowest BCUT2D eigenvalue weighted by Crippen LogP contribution is -1.82. The number of nitrogens with one attached hydrogen (secondary N) is 1. The summed E-state index contributed by atoms with van der Waals surface area (Å²) in [6, 6.07) is 7.87.